The van der Waals surface area contributed by atoms with Crippen LogP contribution in [0.1, 0.15) is 18.0 Å². The molecule has 1 saturated heterocycles. The van der Waals surface area contributed by atoms with Crippen molar-refractivity contribution in [2.75, 3.05) is 4.90 Å². The van der Waals surface area contributed by atoms with Crippen LogP contribution < -0.4 is 9.64 Å². The van der Waals surface area contributed by atoms with Crippen molar-refractivity contribution in [1.82, 2.24) is 10.2 Å². The molecule has 136 valence electrons. The molecule has 2 unspecified atom stereocenters. The van der Waals surface area contributed by atoms with E-state index in [9.17, 15) is 4.79 Å². The van der Waals surface area contributed by atoms with Gasteiger partial charge in [0.1, 0.15) is 5.75 Å². The number of hydrogen-bond acceptors (Lipinski definition) is 4. The quantitative estimate of drug-likeness (QED) is 0.372. The fourth-order valence-electron chi connectivity index (χ4n) is 3.15. The van der Waals surface area contributed by atoms with Gasteiger partial charge in [-0.25, -0.2) is 0 Å². The second kappa shape index (κ2) is 7.82. The predicted molar refractivity (Wildman–Crippen MR) is 113 cm³/mol. The lowest BCUT2D eigenvalue weighted by atomic mass is 10.0. The highest BCUT2D eigenvalue weighted by Crippen LogP contribution is 2.41. The third-order valence-electron chi connectivity index (χ3n) is 4.37. The van der Waals surface area contributed by atoms with Crippen molar-refractivity contribution in [3.63, 3.8) is 0 Å². The maximum absolute atomic E-state index is 12.8. The first kappa shape index (κ1) is 18.2. The van der Waals surface area contributed by atoms with Crippen LogP contribution in [-0.4, -0.2) is 20.0 Å². The number of hydrogen-bond donors (Lipinski definition) is 0. The second-order valence-corrected chi connectivity index (χ2v) is 8.08. The molecule has 0 saturated carbocycles. The molecule has 1 aromatic heterocycles. The molecule has 0 N–H and O–H groups in total. The lowest BCUT2D eigenvalue weighted by molar-refractivity contribution is -0.116. The molecule has 0 bridgehead atoms. The Balaban J connectivity index is 1.65. The normalized spacial score (nSPS) is 19.3. The molecule has 0 spiro atoms. The summed E-state index contributed by atoms with van der Waals surface area (Å²) in [6.07, 6.45) is 2.33. The van der Waals surface area contributed by atoms with E-state index >= 15 is 0 Å². The van der Waals surface area contributed by atoms with E-state index in [1.54, 1.807) is 30.5 Å². The third-order valence-corrected chi connectivity index (χ3v) is 5.66. The zero-order chi connectivity index (χ0) is 18.8. The molecule has 2 heterocycles. The van der Waals surface area contributed by atoms with E-state index in [4.69, 9.17) is 16.3 Å². The number of benzene rings is 2. The first-order valence-corrected chi connectivity index (χ1v) is 10.0. The standard InChI is InChI=1S/C20H15ClIN3O2/c21-14-6-8-15(9-7-14)25-18(12-17(22)20(25)26)13-3-1-4-16(11-13)27-19-5-2-10-23-24-19/h1-11,17-18H,12H2. The van der Waals surface area contributed by atoms with Crippen LogP contribution in [0.4, 0.5) is 5.69 Å². The van der Waals surface area contributed by atoms with Crippen LogP contribution in [0.2, 0.25) is 5.02 Å². The summed E-state index contributed by atoms with van der Waals surface area (Å²) in [6.45, 7) is 0. The van der Waals surface area contributed by atoms with Gasteiger partial charge in [-0.05, 0) is 54.4 Å². The minimum absolute atomic E-state index is 0.0639. The molecule has 0 radical (unpaired) electrons. The van der Waals surface area contributed by atoms with Gasteiger partial charge in [0.2, 0.25) is 11.8 Å². The summed E-state index contributed by atoms with van der Waals surface area (Å²) < 4.78 is 5.72. The van der Waals surface area contributed by atoms with Gasteiger partial charge in [-0.3, -0.25) is 4.79 Å². The molecule has 2 aromatic carbocycles. The smallest absolute Gasteiger partial charge is 0.240 e. The van der Waals surface area contributed by atoms with Gasteiger partial charge in [-0.1, -0.05) is 46.3 Å². The molecule has 1 amide bonds. The highest BCUT2D eigenvalue weighted by molar-refractivity contribution is 14.1. The van der Waals surface area contributed by atoms with E-state index in [0.717, 1.165) is 17.7 Å². The molecule has 1 fully saturated rings. The van der Waals surface area contributed by atoms with Crippen LogP contribution >= 0.6 is 34.2 Å². The summed E-state index contributed by atoms with van der Waals surface area (Å²) in [4.78, 5) is 14.6. The van der Waals surface area contributed by atoms with Crippen molar-refractivity contribution in [1.29, 1.82) is 0 Å². The summed E-state index contributed by atoms with van der Waals surface area (Å²) in [5.74, 6) is 1.19. The van der Waals surface area contributed by atoms with Crippen LogP contribution in [0.15, 0.2) is 66.9 Å². The van der Waals surface area contributed by atoms with E-state index in [0.29, 0.717) is 16.7 Å². The molecule has 0 aliphatic carbocycles. The van der Waals surface area contributed by atoms with Crippen molar-refractivity contribution >= 4 is 45.8 Å². The molecule has 1 aliphatic heterocycles. The second-order valence-electron chi connectivity index (χ2n) is 6.14. The van der Waals surface area contributed by atoms with E-state index in [1.165, 1.54) is 0 Å². The average Bonchev–Trinajstić information content (AvgIpc) is 2.98. The third kappa shape index (κ3) is 3.91. The van der Waals surface area contributed by atoms with Gasteiger partial charge in [0.25, 0.3) is 0 Å². The Morgan fingerprint density at radius 2 is 1.93 bits per heavy atom. The lowest BCUT2D eigenvalue weighted by Gasteiger charge is -2.25. The number of carbonyl (C=O) groups excluding carboxylic acids is 1. The van der Waals surface area contributed by atoms with Crippen LogP contribution in [0.5, 0.6) is 11.6 Å². The summed E-state index contributed by atoms with van der Waals surface area (Å²) in [5, 5.41) is 8.41. The Hall–Kier alpha value is -2.19. The number of anilines is 1. The Labute approximate surface area is 175 Å². The first-order valence-electron chi connectivity index (χ1n) is 8.40. The number of rotatable bonds is 4. The first-order chi connectivity index (χ1) is 13.1. The van der Waals surface area contributed by atoms with Crippen molar-refractivity contribution in [2.24, 2.45) is 0 Å². The van der Waals surface area contributed by atoms with Crippen LogP contribution in [0, 0.1) is 0 Å². The molecule has 1 aliphatic rings. The van der Waals surface area contributed by atoms with Gasteiger partial charge < -0.3 is 9.64 Å². The van der Waals surface area contributed by atoms with Gasteiger partial charge in [0.15, 0.2) is 0 Å². The number of carbonyl (C=O) groups is 1. The minimum Gasteiger partial charge on any atom is -0.438 e. The molecule has 3 aromatic rings. The molecular weight excluding hydrogens is 477 g/mol. The van der Waals surface area contributed by atoms with Gasteiger partial charge in [-0.15, -0.1) is 5.10 Å². The summed E-state index contributed by atoms with van der Waals surface area (Å²) in [6, 6.07) is 18.6. The number of amides is 1. The molecule has 7 heteroatoms. The van der Waals surface area contributed by atoms with E-state index in [1.807, 2.05) is 41.3 Å². The topological polar surface area (TPSA) is 55.3 Å². The zero-order valence-electron chi connectivity index (χ0n) is 14.1. The fraction of sp³-hybridized carbons (Fsp3) is 0.150. The number of aromatic nitrogens is 2. The maximum atomic E-state index is 12.8. The monoisotopic (exact) mass is 491 g/mol. The van der Waals surface area contributed by atoms with Crippen LogP contribution in [-0.2, 0) is 4.79 Å². The summed E-state index contributed by atoms with van der Waals surface area (Å²) in [7, 11) is 0. The molecular formula is C20H15ClIN3O2. The Morgan fingerprint density at radius 1 is 1.11 bits per heavy atom. The van der Waals surface area contributed by atoms with Gasteiger partial charge in [0.05, 0.1) is 9.97 Å². The van der Waals surface area contributed by atoms with E-state index in [-0.39, 0.29) is 15.9 Å². The lowest BCUT2D eigenvalue weighted by Crippen LogP contribution is -2.29. The highest BCUT2D eigenvalue weighted by atomic mass is 127. The number of alkyl halides is 1. The molecule has 5 nitrogen and oxygen atoms in total. The van der Waals surface area contributed by atoms with E-state index < -0.39 is 0 Å². The molecule has 4 rings (SSSR count). The average molecular weight is 492 g/mol. The largest absolute Gasteiger partial charge is 0.438 e. The van der Waals surface area contributed by atoms with Gasteiger partial charge >= 0.3 is 0 Å². The number of ether oxygens (including phenoxy) is 1. The Kier molecular flexibility index (Phi) is 5.27. The summed E-state index contributed by atoms with van der Waals surface area (Å²) in [5.41, 5.74) is 1.85. The minimum atomic E-state index is -0.0761. The number of halogens is 2. The van der Waals surface area contributed by atoms with Gasteiger partial charge in [-0.2, -0.15) is 5.10 Å². The zero-order valence-corrected chi connectivity index (χ0v) is 17.0. The van der Waals surface area contributed by atoms with Crippen molar-refractivity contribution < 1.29 is 9.53 Å². The van der Waals surface area contributed by atoms with Crippen LogP contribution in [0.3, 0.4) is 0 Å². The Bertz CT molecular complexity index is 953. The van der Waals surface area contributed by atoms with Crippen molar-refractivity contribution in [2.45, 2.75) is 16.4 Å². The predicted octanol–water partition coefficient (Wildman–Crippen LogP) is 5.20. The maximum Gasteiger partial charge on any atom is 0.240 e. The van der Waals surface area contributed by atoms with Gasteiger partial charge in [0, 0.05) is 23.0 Å². The van der Waals surface area contributed by atoms with Crippen molar-refractivity contribution in [3.05, 3.63) is 77.4 Å². The number of nitrogens with zero attached hydrogens (tertiary/aromatic N) is 3. The van der Waals surface area contributed by atoms with Crippen LogP contribution in [0.25, 0.3) is 0 Å². The fourth-order valence-corrected chi connectivity index (χ4v) is 4.06. The van der Waals surface area contributed by atoms with E-state index in [2.05, 4.69) is 32.8 Å². The highest BCUT2D eigenvalue weighted by Gasteiger charge is 2.39. The molecule has 27 heavy (non-hydrogen) atoms. The summed E-state index contributed by atoms with van der Waals surface area (Å²) >= 11 is 8.21. The molecule has 2 atom stereocenters. The Morgan fingerprint density at radius 3 is 2.67 bits per heavy atom. The SMILES string of the molecule is O=C1C(I)CC(c2cccc(Oc3cccnn3)c2)N1c1ccc(Cl)cc1. The van der Waals surface area contributed by atoms with Crippen molar-refractivity contribution in [3.8, 4) is 11.6 Å².